The molecule has 0 radical (unpaired) electrons. The van der Waals surface area contributed by atoms with Gasteiger partial charge in [0, 0.05) is 51.4 Å². The molecule has 16 heteroatoms. The van der Waals surface area contributed by atoms with Gasteiger partial charge in [-0.15, -0.1) is 0 Å². The first-order valence-corrected chi connectivity index (χ1v) is 14.5. The molecule has 2 fully saturated rings. The highest BCUT2D eigenvalue weighted by Crippen LogP contribution is 2.29. The first kappa shape index (κ1) is 32.9. The van der Waals surface area contributed by atoms with Gasteiger partial charge in [-0.25, -0.2) is 13.2 Å². The SMILES string of the molecule is COc1cc(N)c(Cl)cc1C(=O)NC1CCN(CCCN2CCN(S(C)(=O)=O)CC2)CC1.O=C(O)C(F)(F)F. The van der Waals surface area contributed by atoms with Gasteiger partial charge in [0.15, 0.2) is 0 Å². The topological polar surface area (TPSA) is 146 Å². The van der Waals surface area contributed by atoms with E-state index in [1.807, 2.05) is 0 Å². The van der Waals surface area contributed by atoms with Crippen molar-refractivity contribution < 1.29 is 41.0 Å². The van der Waals surface area contributed by atoms with Crippen LogP contribution in [-0.4, -0.2) is 117 Å². The number of aliphatic carboxylic acids is 1. The van der Waals surface area contributed by atoms with Crippen molar-refractivity contribution in [1.82, 2.24) is 19.4 Å². The molecular formula is C23H35ClF3N5O6S. The number of carboxylic acids is 1. The molecule has 0 atom stereocenters. The fourth-order valence-corrected chi connectivity index (χ4v) is 5.27. The van der Waals surface area contributed by atoms with Gasteiger partial charge < -0.3 is 30.7 Å². The van der Waals surface area contributed by atoms with E-state index in [0.29, 0.717) is 35.1 Å². The molecule has 4 N–H and O–H groups in total. The van der Waals surface area contributed by atoms with Crippen LogP contribution in [0.25, 0.3) is 0 Å². The van der Waals surface area contributed by atoms with Crippen molar-refractivity contribution in [2.24, 2.45) is 0 Å². The second-order valence-corrected chi connectivity index (χ2v) is 11.7. The Hall–Kier alpha value is -2.33. The summed E-state index contributed by atoms with van der Waals surface area (Å²) in [5, 5.41) is 10.6. The Morgan fingerprint density at radius 3 is 2.08 bits per heavy atom. The largest absolute Gasteiger partial charge is 0.496 e. The van der Waals surface area contributed by atoms with Crippen molar-refractivity contribution in [3.05, 3.63) is 22.7 Å². The average molecular weight is 602 g/mol. The molecule has 11 nitrogen and oxygen atoms in total. The van der Waals surface area contributed by atoms with Crippen molar-refractivity contribution in [1.29, 1.82) is 0 Å². The summed E-state index contributed by atoms with van der Waals surface area (Å²) in [4.78, 5) is 26.4. The first-order valence-electron chi connectivity index (χ1n) is 12.3. The number of halogens is 4. The lowest BCUT2D eigenvalue weighted by atomic mass is 10.0. The van der Waals surface area contributed by atoms with Crippen LogP contribution in [0.3, 0.4) is 0 Å². The van der Waals surface area contributed by atoms with Crippen LogP contribution in [0.4, 0.5) is 18.9 Å². The minimum atomic E-state index is -5.08. The van der Waals surface area contributed by atoms with Gasteiger partial charge in [-0.3, -0.25) is 4.79 Å². The number of nitrogen functional groups attached to an aromatic ring is 1. The normalized spacial score (nSPS) is 18.2. The van der Waals surface area contributed by atoms with Gasteiger partial charge in [0.2, 0.25) is 10.0 Å². The van der Waals surface area contributed by atoms with Crippen molar-refractivity contribution in [3.63, 3.8) is 0 Å². The Morgan fingerprint density at radius 1 is 1.10 bits per heavy atom. The van der Waals surface area contributed by atoms with E-state index in [1.165, 1.54) is 13.4 Å². The van der Waals surface area contributed by atoms with Gasteiger partial charge in [0.1, 0.15) is 5.75 Å². The maximum atomic E-state index is 12.7. The van der Waals surface area contributed by atoms with Crippen LogP contribution in [0.15, 0.2) is 12.1 Å². The minimum absolute atomic E-state index is 0.115. The molecule has 1 amide bonds. The summed E-state index contributed by atoms with van der Waals surface area (Å²) in [6.45, 7) is 6.60. The Kier molecular flexibility index (Phi) is 12.1. The van der Waals surface area contributed by atoms with E-state index in [2.05, 4.69) is 15.1 Å². The van der Waals surface area contributed by atoms with Crippen molar-refractivity contribution in [3.8, 4) is 5.75 Å². The predicted molar refractivity (Wildman–Crippen MR) is 141 cm³/mol. The zero-order chi connectivity index (χ0) is 29.4. The number of piperidine rings is 1. The number of carbonyl (C=O) groups is 2. The van der Waals surface area contributed by atoms with E-state index < -0.39 is 22.2 Å². The number of carbonyl (C=O) groups excluding carboxylic acids is 1. The van der Waals surface area contributed by atoms with E-state index in [0.717, 1.165) is 58.5 Å². The highest BCUT2D eigenvalue weighted by atomic mass is 35.5. The lowest BCUT2D eigenvalue weighted by molar-refractivity contribution is -0.192. The molecule has 0 unspecified atom stereocenters. The average Bonchev–Trinajstić information content (AvgIpc) is 2.86. The van der Waals surface area contributed by atoms with Gasteiger partial charge in [-0.2, -0.15) is 17.5 Å². The molecule has 0 aromatic heterocycles. The van der Waals surface area contributed by atoms with Crippen LogP contribution in [0, 0.1) is 0 Å². The van der Waals surface area contributed by atoms with E-state index >= 15 is 0 Å². The van der Waals surface area contributed by atoms with Crippen LogP contribution >= 0.6 is 11.6 Å². The molecule has 2 saturated heterocycles. The number of sulfonamides is 1. The summed E-state index contributed by atoms with van der Waals surface area (Å²) in [6.07, 6.45) is -0.972. The smallest absolute Gasteiger partial charge is 0.490 e. The summed E-state index contributed by atoms with van der Waals surface area (Å²) in [7, 11) is -1.57. The summed E-state index contributed by atoms with van der Waals surface area (Å²) in [6, 6.07) is 3.24. The molecule has 0 saturated carbocycles. The maximum absolute atomic E-state index is 12.7. The molecule has 1 aromatic rings. The van der Waals surface area contributed by atoms with E-state index in [-0.39, 0.29) is 11.9 Å². The number of carboxylic acid groups (broad SMARTS) is 1. The highest BCUT2D eigenvalue weighted by molar-refractivity contribution is 7.88. The number of likely N-dealkylation sites (tertiary alicyclic amines) is 1. The molecule has 0 bridgehead atoms. The second kappa shape index (κ2) is 14.3. The third-order valence-corrected chi connectivity index (χ3v) is 8.11. The van der Waals surface area contributed by atoms with Gasteiger partial charge >= 0.3 is 12.1 Å². The van der Waals surface area contributed by atoms with Crippen LogP contribution in [-0.2, 0) is 14.8 Å². The van der Waals surface area contributed by atoms with Gasteiger partial charge in [0.05, 0.1) is 29.6 Å². The summed E-state index contributed by atoms with van der Waals surface area (Å²) in [5.41, 5.74) is 6.57. The number of piperazine rings is 1. The number of alkyl halides is 3. The van der Waals surface area contributed by atoms with Crippen LogP contribution in [0.1, 0.15) is 29.6 Å². The standard InChI is InChI=1S/C21H34ClN5O4S.C2HF3O2/c1-31-20-15-19(23)18(22)14-17(20)21(28)24-16-4-8-25(9-5-16)6-3-7-26-10-12-27(13-11-26)32(2,29)30;3-2(4,5)1(6)7/h14-16H,3-13,23H2,1-2H3,(H,24,28);(H,6,7). The van der Waals surface area contributed by atoms with Crippen molar-refractivity contribution in [2.45, 2.75) is 31.5 Å². The number of benzene rings is 1. The Morgan fingerprint density at radius 2 is 1.62 bits per heavy atom. The van der Waals surface area contributed by atoms with Crippen LogP contribution in [0.2, 0.25) is 5.02 Å². The number of nitrogens with one attached hydrogen (secondary N) is 1. The van der Waals surface area contributed by atoms with Crippen LogP contribution in [0.5, 0.6) is 5.75 Å². The molecule has 2 heterocycles. The lowest BCUT2D eigenvalue weighted by Gasteiger charge is -2.35. The number of hydrogen-bond acceptors (Lipinski definition) is 8. The molecule has 39 heavy (non-hydrogen) atoms. The van der Waals surface area contributed by atoms with E-state index in [4.69, 9.17) is 32.0 Å². The quantitative estimate of drug-likeness (QED) is 0.379. The van der Waals surface area contributed by atoms with Gasteiger partial charge in [-0.05, 0) is 38.4 Å². The van der Waals surface area contributed by atoms with Crippen molar-refractivity contribution in [2.75, 3.05) is 71.5 Å². The molecule has 0 spiro atoms. The number of hydrogen-bond donors (Lipinski definition) is 3. The Balaban J connectivity index is 0.000000673. The Bertz CT molecular complexity index is 1090. The second-order valence-electron chi connectivity index (χ2n) is 9.32. The first-order chi connectivity index (χ1) is 18.1. The number of methoxy groups -OCH3 is 1. The number of anilines is 1. The lowest BCUT2D eigenvalue weighted by Crippen LogP contribution is -2.49. The third-order valence-electron chi connectivity index (χ3n) is 6.48. The zero-order valence-electron chi connectivity index (χ0n) is 21.8. The number of nitrogens with two attached hydrogens (primary N) is 1. The number of rotatable bonds is 8. The monoisotopic (exact) mass is 601 g/mol. The molecule has 3 rings (SSSR count). The molecule has 2 aliphatic rings. The zero-order valence-corrected chi connectivity index (χ0v) is 23.4. The molecule has 222 valence electrons. The summed E-state index contributed by atoms with van der Waals surface area (Å²) in [5.74, 6) is -2.54. The van der Waals surface area contributed by atoms with E-state index in [9.17, 15) is 26.4 Å². The van der Waals surface area contributed by atoms with E-state index in [1.54, 1.807) is 16.4 Å². The fourth-order valence-electron chi connectivity index (χ4n) is 4.28. The predicted octanol–water partition coefficient (Wildman–Crippen LogP) is 1.73. The molecule has 0 aliphatic carbocycles. The number of ether oxygens (including phenoxy) is 1. The molecule has 2 aliphatic heterocycles. The molecular weight excluding hydrogens is 567 g/mol. The highest BCUT2D eigenvalue weighted by Gasteiger charge is 2.38. The Labute approximate surface area is 231 Å². The molecule has 1 aromatic carbocycles. The van der Waals surface area contributed by atoms with Crippen LogP contribution < -0.4 is 15.8 Å². The fraction of sp³-hybridized carbons (Fsp3) is 0.652. The van der Waals surface area contributed by atoms with Gasteiger partial charge in [-0.1, -0.05) is 11.6 Å². The number of nitrogens with zero attached hydrogens (tertiary/aromatic N) is 3. The number of amides is 1. The minimum Gasteiger partial charge on any atom is -0.496 e. The van der Waals surface area contributed by atoms with Crippen molar-refractivity contribution >= 4 is 39.2 Å². The maximum Gasteiger partial charge on any atom is 0.490 e. The van der Waals surface area contributed by atoms with Gasteiger partial charge in [0.25, 0.3) is 5.91 Å². The third kappa shape index (κ3) is 10.6. The summed E-state index contributed by atoms with van der Waals surface area (Å²) >= 11 is 6.08. The summed E-state index contributed by atoms with van der Waals surface area (Å²) < 4.78 is 61.8.